The van der Waals surface area contributed by atoms with Crippen molar-refractivity contribution in [2.45, 2.75) is 6.92 Å². The number of methoxy groups -OCH3 is 1. The normalized spacial score (nSPS) is 10.5. The molecule has 1 amide bonds. The Morgan fingerprint density at radius 2 is 1.86 bits per heavy atom. The van der Waals surface area contributed by atoms with Crippen LogP contribution in [-0.2, 0) is 0 Å². The summed E-state index contributed by atoms with van der Waals surface area (Å²) in [5.74, 6) is 0.617. The van der Waals surface area contributed by atoms with Gasteiger partial charge < -0.3 is 10.1 Å². The highest BCUT2D eigenvalue weighted by Crippen LogP contribution is 2.21. The van der Waals surface area contributed by atoms with Crippen molar-refractivity contribution < 1.29 is 9.53 Å². The van der Waals surface area contributed by atoms with Gasteiger partial charge in [0.05, 0.1) is 24.5 Å². The van der Waals surface area contributed by atoms with Gasteiger partial charge in [-0.2, -0.15) is 0 Å². The zero-order valence-electron chi connectivity index (χ0n) is 12.5. The SMILES string of the molecule is COc1ccc2cc(NC(=O)c3ccc(C)cc3)cnc2c1. The summed E-state index contributed by atoms with van der Waals surface area (Å²) in [7, 11) is 1.62. The van der Waals surface area contributed by atoms with E-state index in [4.69, 9.17) is 4.74 Å². The van der Waals surface area contributed by atoms with Crippen LogP contribution in [0.4, 0.5) is 5.69 Å². The van der Waals surface area contributed by atoms with Crippen LogP contribution in [0.2, 0.25) is 0 Å². The van der Waals surface area contributed by atoms with Crippen LogP contribution in [0.5, 0.6) is 5.75 Å². The maximum Gasteiger partial charge on any atom is 0.255 e. The van der Waals surface area contributed by atoms with E-state index in [1.165, 1.54) is 0 Å². The van der Waals surface area contributed by atoms with Gasteiger partial charge in [0.15, 0.2) is 0 Å². The predicted octanol–water partition coefficient (Wildman–Crippen LogP) is 3.80. The van der Waals surface area contributed by atoms with E-state index < -0.39 is 0 Å². The number of hydrogen-bond acceptors (Lipinski definition) is 3. The lowest BCUT2D eigenvalue weighted by molar-refractivity contribution is 0.102. The molecule has 110 valence electrons. The second kappa shape index (κ2) is 5.85. The Bertz CT molecular complexity index is 826. The summed E-state index contributed by atoms with van der Waals surface area (Å²) in [6.07, 6.45) is 1.65. The fourth-order valence-electron chi connectivity index (χ4n) is 2.20. The van der Waals surface area contributed by atoms with Crippen molar-refractivity contribution in [3.05, 3.63) is 65.9 Å². The van der Waals surface area contributed by atoms with Gasteiger partial charge in [-0.05, 0) is 37.3 Å². The molecule has 0 unspecified atom stereocenters. The van der Waals surface area contributed by atoms with Gasteiger partial charge in [-0.25, -0.2) is 0 Å². The van der Waals surface area contributed by atoms with Crippen molar-refractivity contribution in [3.8, 4) is 5.75 Å². The van der Waals surface area contributed by atoms with Gasteiger partial charge in [0.25, 0.3) is 5.91 Å². The lowest BCUT2D eigenvalue weighted by Crippen LogP contribution is -2.11. The van der Waals surface area contributed by atoms with Crippen LogP contribution >= 0.6 is 0 Å². The van der Waals surface area contributed by atoms with Crippen LogP contribution in [0, 0.1) is 6.92 Å². The number of nitrogens with one attached hydrogen (secondary N) is 1. The zero-order valence-corrected chi connectivity index (χ0v) is 12.5. The van der Waals surface area contributed by atoms with E-state index in [2.05, 4.69) is 10.3 Å². The van der Waals surface area contributed by atoms with Crippen LogP contribution < -0.4 is 10.1 Å². The molecule has 1 N–H and O–H groups in total. The summed E-state index contributed by atoms with van der Waals surface area (Å²) in [6.45, 7) is 1.99. The van der Waals surface area contributed by atoms with Gasteiger partial charge in [-0.3, -0.25) is 9.78 Å². The number of carbonyl (C=O) groups excluding carboxylic acids is 1. The van der Waals surface area contributed by atoms with Crippen LogP contribution in [0.25, 0.3) is 10.9 Å². The van der Waals surface area contributed by atoms with Crippen molar-refractivity contribution in [1.82, 2.24) is 4.98 Å². The average molecular weight is 292 g/mol. The van der Waals surface area contributed by atoms with E-state index in [9.17, 15) is 4.79 Å². The highest BCUT2D eigenvalue weighted by Gasteiger charge is 2.07. The maximum absolute atomic E-state index is 12.2. The van der Waals surface area contributed by atoms with E-state index in [1.54, 1.807) is 13.3 Å². The van der Waals surface area contributed by atoms with Crippen molar-refractivity contribution in [2.75, 3.05) is 12.4 Å². The van der Waals surface area contributed by atoms with Crippen LogP contribution in [-0.4, -0.2) is 18.0 Å². The molecule has 0 saturated carbocycles. The molecule has 2 aromatic carbocycles. The Hall–Kier alpha value is -2.88. The fraction of sp³-hybridized carbons (Fsp3) is 0.111. The van der Waals surface area contributed by atoms with Gasteiger partial charge in [0.1, 0.15) is 5.75 Å². The number of aromatic nitrogens is 1. The van der Waals surface area contributed by atoms with Crippen LogP contribution in [0.3, 0.4) is 0 Å². The van der Waals surface area contributed by atoms with Gasteiger partial charge >= 0.3 is 0 Å². The molecule has 0 spiro atoms. The number of aryl methyl sites for hydroxylation is 1. The lowest BCUT2D eigenvalue weighted by atomic mass is 10.1. The summed E-state index contributed by atoms with van der Waals surface area (Å²) in [5.41, 5.74) is 3.24. The first kappa shape index (κ1) is 14.1. The molecule has 0 radical (unpaired) electrons. The molecule has 0 fully saturated rings. The summed E-state index contributed by atoms with van der Waals surface area (Å²) in [6, 6.07) is 15.0. The molecule has 1 heterocycles. The molecule has 4 nitrogen and oxygen atoms in total. The number of carbonyl (C=O) groups is 1. The van der Waals surface area contributed by atoms with E-state index in [0.29, 0.717) is 11.3 Å². The average Bonchev–Trinajstić information content (AvgIpc) is 2.55. The van der Waals surface area contributed by atoms with E-state index in [1.807, 2.05) is 55.5 Å². The molecule has 4 heteroatoms. The Morgan fingerprint density at radius 1 is 1.09 bits per heavy atom. The molecule has 0 aliphatic heterocycles. The fourth-order valence-corrected chi connectivity index (χ4v) is 2.20. The number of anilines is 1. The molecule has 0 atom stereocenters. The number of nitrogens with zero attached hydrogens (tertiary/aromatic N) is 1. The maximum atomic E-state index is 12.2. The Labute approximate surface area is 128 Å². The molecule has 3 aromatic rings. The Kier molecular flexibility index (Phi) is 3.74. The molecular weight excluding hydrogens is 276 g/mol. The number of fused-ring (bicyclic) bond motifs is 1. The lowest BCUT2D eigenvalue weighted by Gasteiger charge is -2.07. The summed E-state index contributed by atoms with van der Waals surface area (Å²) in [4.78, 5) is 16.6. The molecule has 0 aliphatic rings. The van der Waals surface area contributed by atoms with E-state index in [-0.39, 0.29) is 5.91 Å². The molecule has 22 heavy (non-hydrogen) atoms. The molecular formula is C18H16N2O2. The van der Waals surface area contributed by atoms with Crippen LogP contribution in [0.15, 0.2) is 54.7 Å². The molecule has 0 saturated heterocycles. The highest BCUT2D eigenvalue weighted by atomic mass is 16.5. The molecule has 3 rings (SSSR count). The van der Waals surface area contributed by atoms with Crippen molar-refractivity contribution in [1.29, 1.82) is 0 Å². The number of ether oxygens (including phenoxy) is 1. The first-order valence-electron chi connectivity index (χ1n) is 6.97. The largest absolute Gasteiger partial charge is 0.497 e. The molecule has 0 aliphatic carbocycles. The van der Waals surface area contributed by atoms with E-state index >= 15 is 0 Å². The standard InChI is InChI=1S/C18H16N2O2/c1-12-3-5-13(6-4-12)18(21)20-15-9-14-7-8-16(22-2)10-17(14)19-11-15/h3-11H,1-2H3,(H,20,21). The third-order valence-electron chi connectivity index (χ3n) is 3.46. The quantitative estimate of drug-likeness (QED) is 0.798. The first-order valence-corrected chi connectivity index (χ1v) is 6.97. The minimum absolute atomic E-state index is 0.144. The zero-order chi connectivity index (χ0) is 15.5. The van der Waals surface area contributed by atoms with Crippen molar-refractivity contribution in [2.24, 2.45) is 0 Å². The van der Waals surface area contributed by atoms with Crippen LogP contribution in [0.1, 0.15) is 15.9 Å². The second-order valence-electron chi connectivity index (χ2n) is 5.10. The third-order valence-corrected chi connectivity index (χ3v) is 3.46. The minimum Gasteiger partial charge on any atom is -0.497 e. The summed E-state index contributed by atoms with van der Waals surface area (Å²) >= 11 is 0. The smallest absolute Gasteiger partial charge is 0.255 e. The molecule has 0 bridgehead atoms. The minimum atomic E-state index is -0.144. The number of hydrogen-bond donors (Lipinski definition) is 1. The second-order valence-corrected chi connectivity index (χ2v) is 5.10. The Morgan fingerprint density at radius 3 is 2.59 bits per heavy atom. The van der Waals surface area contributed by atoms with Gasteiger partial charge in [-0.1, -0.05) is 17.7 Å². The van der Waals surface area contributed by atoms with E-state index in [0.717, 1.165) is 22.2 Å². The highest BCUT2D eigenvalue weighted by molar-refractivity contribution is 6.04. The molecule has 1 aromatic heterocycles. The monoisotopic (exact) mass is 292 g/mol. The predicted molar refractivity (Wildman–Crippen MR) is 87.4 cm³/mol. The first-order chi connectivity index (χ1) is 10.7. The Balaban J connectivity index is 1.84. The van der Waals surface area contributed by atoms with Gasteiger partial charge in [0.2, 0.25) is 0 Å². The third kappa shape index (κ3) is 2.91. The number of rotatable bonds is 3. The number of benzene rings is 2. The van der Waals surface area contributed by atoms with Gasteiger partial charge in [-0.15, -0.1) is 0 Å². The number of amides is 1. The summed E-state index contributed by atoms with van der Waals surface area (Å²) < 4.78 is 5.17. The summed E-state index contributed by atoms with van der Waals surface area (Å²) in [5, 5.41) is 3.81. The van der Waals surface area contributed by atoms with Gasteiger partial charge in [0, 0.05) is 17.0 Å². The number of pyridine rings is 1. The van der Waals surface area contributed by atoms with Crippen molar-refractivity contribution in [3.63, 3.8) is 0 Å². The van der Waals surface area contributed by atoms with Crippen molar-refractivity contribution >= 4 is 22.5 Å². The topological polar surface area (TPSA) is 51.2 Å².